The van der Waals surface area contributed by atoms with E-state index in [1.54, 1.807) is 0 Å². The quantitative estimate of drug-likeness (QED) is 0.316. The average Bonchev–Trinajstić information content (AvgIpc) is 3.30. The van der Waals surface area contributed by atoms with Gasteiger partial charge >= 0.3 is 0 Å². The summed E-state index contributed by atoms with van der Waals surface area (Å²) >= 11 is 0. The molecule has 3 aromatic rings. The summed E-state index contributed by atoms with van der Waals surface area (Å²) in [6.07, 6.45) is 4.66. The molecule has 0 spiro atoms. The van der Waals surface area contributed by atoms with Crippen molar-refractivity contribution in [2.45, 2.75) is 79.3 Å². The number of hydrogen-bond donors (Lipinski definition) is 2. The van der Waals surface area contributed by atoms with E-state index >= 15 is 0 Å². The van der Waals surface area contributed by atoms with Crippen LogP contribution in [0.3, 0.4) is 0 Å². The minimum absolute atomic E-state index is 0.482. The van der Waals surface area contributed by atoms with E-state index in [0.717, 1.165) is 72.8 Å². The number of fused-ring (bicyclic) bond motifs is 3. The fraction of sp³-hybridized carbons (Fsp3) is 0.576. The average molecular weight is 527 g/mol. The molecule has 4 aliphatic rings. The topological polar surface area (TPSA) is 73.5 Å². The standard InChI is InChI=1S/C33H46N6/c1-20-7-8-24(21(2)15-20)9-12-31-36-28-11-10-26(18-29(28)37-31)35-32(34)38-13-14-39(22(3)19-38)30-17-25-16-27(23(30)4)33(25,5)6/h7-8,10-11,15,18,22-23,25,27,30H,9,12-14,16-17,19H2,1-6H3,(H2,34,35)(H,36,37)/t22-,23+,25-,27-,30-/m0/s1. The zero-order valence-corrected chi connectivity index (χ0v) is 24.7. The van der Waals surface area contributed by atoms with E-state index in [2.05, 4.69) is 86.7 Å². The lowest BCUT2D eigenvalue weighted by atomic mass is 9.44. The van der Waals surface area contributed by atoms with Crippen molar-refractivity contribution in [1.82, 2.24) is 19.8 Å². The maximum Gasteiger partial charge on any atom is 0.196 e. The van der Waals surface area contributed by atoms with Gasteiger partial charge in [0.05, 0.1) is 16.7 Å². The zero-order chi connectivity index (χ0) is 27.5. The molecule has 2 aromatic carbocycles. The molecule has 3 N–H and O–H groups in total. The Labute approximate surface area is 234 Å². The van der Waals surface area contributed by atoms with Crippen molar-refractivity contribution in [3.63, 3.8) is 0 Å². The van der Waals surface area contributed by atoms with Gasteiger partial charge in [0, 0.05) is 38.1 Å². The summed E-state index contributed by atoms with van der Waals surface area (Å²) in [5, 5.41) is 0. The Morgan fingerprint density at radius 2 is 1.90 bits per heavy atom. The number of imidazole rings is 1. The number of aromatic nitrogens is 2. The molecule has 0 amide bonds. The molecule has 0 radical (unpaired) electrons. The summed E-state index contributed by atoms with van der Waals surface area (Å²) in [5.41, 5.74) is 14.0. The van der Waals surface area contributed by atoms with Crippen molar-refractivity contribution in [3.8, 4) is 0 Å². The van der Waals surface area contributed by atoms with Gasteiger partial charge in [0.15, 0.2) is 5.96 Å². The number of hydrogen-bond acceptors (Lipinski definition) is 3. The van der Waals surface area contributed by atoms with Crippen molar-refractivity contribution < 1.29 is 0 Å². The Morgan fingerprint density at radius 1 is 1.08 bits per heavy atom. The first kappa shape index (κ1) is 26.4. The molecule has 1 aromatic heterocycles. The van der Waals surface area contributed by atoms with E-state index in [-0.39, 0.29) is 0 Å². The molecule has 7 rings (SSSR count). The van der Waals surface area contributed by atoms with Gasteiger partial charge in [-0.3, -0.25) is 4.90 Å². The number of rotatable bonds is 5. The first-order chi connectivity index (χ1) is 18.6. The SMILES string of the molecule is Cc1ccc(CCc2nc3ccc(N=C(N)N4CCN([C@H]5C[C@@H]6C[C@@H]([C@H]5C)C6(C)C)[C@@H](C)C4)cc3[nH]2)c(C)c1. The zero-order valence-electron chi connectivity index (χ0n) is 24.7. The molecule has 1 aliphatic heterocycles. The largest absolute Gasteiger partial charge is 0.369 e. The monoisotopic (exact) mass is 526 g/mol. The Morgan fingerprint density at radius 3 is 2.62 bits per heavy atom. The third-order valence-electron chi connectivity index (χ3n) is 10.6. The number of nitrogens with two attached hydrogens (primary N) is 1. The van der Waals surface area contributed by atoms with Crippen LogP contribution in [0.1, 0.15) is 63.1 Å². The Kier molecular flexibility index (Phi) is 6.73. The summed E-state index contributed by atoms with van der Waals surface area (Å²) in [6.45, 7) is 17.1. The molecular weight excluding hydrogens is 480 g/mol. The van der Waals surface area contributed by atoms with Crippen molar-refractivity contribution in [1.29, 1.82) is 0 Å². The van der Waals surface area contributed by atoms with E-state index in [1.165, 1.54) is 29.5 Å². The molecule has 2 bridgehead atoms. The third-order valence-corrected chi connectivity index (χ3v) is 10.6. The number of nitrogens with one attached hydrogen (secondary N) is 1. The Hall–Kier alpha value is -2.86. The van der Waals surface area contributed by atoms with Crippen molar-refractivity contribution in [3.05, 3.63) is 58.9 Å². The van der Waals surface area contributed by atoms with Crippen molar-refractivity contribution in [2.75, 3.05) is 19.6 Å². The van der Waals surface area contributed by atoms with Crippen LogP contribution in [0.25, 0.3) is 11.0 Å². The summed E-state index contributed by atoms with van der Waals surface area (Å²) < 4.78 is 0. The van der Waals surface area contributed by atoms with Gasteiger partial charge in [-0.1, -0.05) is 44.5 Å². The van der Waals surface area contributed by atoms with Crippen LogP contribution >= 0.6 is 0 Å². The predicted octanol–water partition coefficient (Wildman–Crippen LogP) is 5.99. The molecule has 4 fully saturated rings. The highest BCUT2D eigenvalue weighted by Crippen LogP contribution is 2.62. The number of benzene rings is 2. The van der Waals surface area contributed by atoms with Gasteiger partial charge in [0.25, 0.3) is 0 Å². The number of aryl methyl sites for hydroxylation is 4. The predicted molar refractivity (Wildman–Crippen MR) is 161 cm³/mol. The number of aliphatic imine (C=N–C) groups is 1. The Balaban J connectivity index is 1.09. The smallest absolute Gasteiger partial charge is 0.196 e. The lowest BCUT2D eigenvalue weighted by Gasteiger charge is -2.64. The van der Waals surface area contributed by atoms with Crippen LogP contribution in [-0.4, -0.2) is 57.4 Å². The molecule has 3 saturated carbocycles. The molecule has 208 valence electrons. The molecule has 6 heteroatoms. The molecule has 3 aliphatic carbocycles. The maximum atomic E-state index is 6.58. The fourth-order valence-electron chi connectivity index (χ4n) is 8.05. The first-order valence-corrected chi connectivity index (χ1v) is 15.0. The van der Waals surface area contributed by atoms with Crippen LogP contribution in [0, 0.1) is 37.0 Å². The highest BCUT2D eigenvalue weighted by atomic mass is 15.3. The molecule has 5 atom stereocenters. The van der Waals surface area contributed by atoms with Crippen LogP contribution in [0.5, 0.6) is 0 Å². The lowest BCUT2D eigenvalue weighted by molar-refractivity contribution is -0.147. The molecule has 2 heterocycles. The number of nitrogens with zero attached hydrogens (tertiary/aromatic N) is 4. The first-order valence-electron chi connectivity index (χ1n) is 15.0. The highest BCUT2D eigenvalue weighted by Gasteiger charge is 2.57. The van der Waals surface area contributed by atoms with Gasteiger partial charge < -0.3 is 15.6 Å². The summed E-state index contributed by atoms with van der Waals surface area (Å²) in [4.78, 5) is 18.2. The van der Waals surface area contributed by atoms with Crippen LogP contribution in [0.2, 0.25) is 0 Å². The van der Waals surface area contributed by atoms with Gasteiger partial charge in [0.1, 0.15) is 5.82 Å². The minimum Gasteiger partial charge on any atom is -0.369 e. The van der Waals surface area contributed by atoms with E-state index < -0.39 is 0 Å². The second-order valence-electron chi connectivity index (χ2n) is 13.3. The second kappa shape index (κ2) is 9.96. The van der Waals surface area contributed by atoms with E-state index in [0.29, 0.717) is 23.5 Å². The van der Waals surface area contributed by atoms with Gasteiger partial charge in [-0.25, -0.2) is 9.98 Å². The van der Waals surface area contributed by atoms with E-state index in [1.807, 2.05) is 6.07 Å². The van der Waals surface area contributed by atoms with E-state index in [9.17, 15) is 0 Å². The summed E-state index contributed by atoms with van der Waals surface area (Å²) in [5.74, 6) is 4.18. The van der Waals surface area contributed by atoms with Gasteiger partial charge in [-0.15, -0.1) is 0 Å². The molecule has 0 unspecified atom stereocenters. The van der Waals surface area contributed by atoms with Gasteiger partial charge in [-0.2, -0.15) is 0 Å². The maximum absolute atomic E-state index is 6.58. The summed E-state index contributed by atoms with van der Waals surface area (Å²) in [6, 6.07) is 14.0. The van der Waals surface area contributed by atoms with Crippen LogP contribution in [-0.2, 0) is 12.8 Å². The van der Waals surface area contributed by atoms with Crippen LogP contribution in [0.4, 0.5) is 5.69 Å². The molecule has 6 nitrogen and oxygen atoms in total. The molecule has 39 heavy (non-hydrogen) atoms. The van der Waals surface area contributed by atoms with Crippen molar-refractivity contribution in [2.24, 2.45) is 33.9 Å². The third kappa shape index (κ3) is 4.86. The number of guanidine groups is 1. The number of H-pyrrole nitrogens is 1. The number of piperazine rings is 1. The fourth-order valence-corrected chi connectivity index (χ4v) is 8.05. The molecule has 1 saturated heterocycles. The van der Waals surface area contributed by atoms with Crippen LogP contribution in [0.15, 0.2) is 41.4 Å². The second-order valence-corrected chi connectivity index (χ2v) is 13.3. The Bertz CT molecular complexity index is 1390. The van der Waals surface area contributed by atoms with Gasteiger partial charge in [0.2, 0.25) is 0 Å². The van der Waals surface area contributed by atoms with Gasteiger partial charge in [-0.05, 0) is 92.5 Å². The van der Waals surface area contributed by atoms with E-state index in [4.69, 9.17) is 15.7 Å². The minimum atomic E-state index is 0.482. The summed E-state index contributed by atoms with van der Waals surface area (Å²) in [7, 11) is 0. The number of aromatic amines is 1. The normalized spacial score (nSPS) is 29.0. The molecular formula is C33H46N6. The van der Waals surface area contributed by atoms with Crippen molar-refractivity contribution >= 4 is 22.7 Å². The highest BCUT2D eigenvalue weighted by molar-refractivity contribution is 5.84. The lowest BCUT2D eigenvalue weighted by Crippen LogP contribution is -2.65. The van der Waals surface area contributed by atoms with Crippen LogP contribution < -0.4 is 5.73 Å².